The second-order valence-electron chi connectivity index (χ2n) is 6.23. The largest absolute Gasteiger partial charge is 0.467 e. The molecule has 2 aromatic carbocycles. The summed E-state index contributed by atoms with van der Waals surface area (Å²) in [6, 6.07) is 11.9. The zero-order valence-corrected chi connectivity index (χ0v) is 15.3. The normalized spacial score (nSPS) is 14.2. The number of esters is 1. The van der Waals surface area contributed by atoms with Crippen molar-refractivity contribution >= 4 is 23.5 Å². The molecule has 0 bridgehead atoms. The highest BCUT2D eigenvalue weighted by molar-refractivity contribution is 6.30. The van der Waals surface area contributed by atoms with Crippen LogP contribution in [-0.2, 0) is 33.7 Å². The van der Waals surface area contributed by atoms with Gasteiger partial charge in [0, 0.05) is 11.6 Å². The molecule has 0 radical (unpaired) electrons. The Bertz CT molecular complexity index is 805. The molecule has 0 spiro atoms. The molecule has 0 aromatic heterocycles. The summed E-state index contributed by atoms with van der Waals surface area (Å²) in [5.41, 5.74) is 4.08. The Hall–Kier alpha value is -2.37. The van der Waals surface area contributed by atoms with E-state index in [4.69, 9.17) is 16.3 Å². The summed E-state index contributed by atoms with van der Waals surface area (Å²) < 4.78 is 4.84. The molecule has 1 aliphatic heterocycles. The summed E-state index contributed by atoms with van der Waals surface area (Å²) >= 11 is 5.90. The molecule has 5 nitrogen and oxygen atoms in total. The van der Waals surface area contributed by atoms with Crippen LogP contribution < -0.4 is 10.6 Å². The van der Waals surface area contributed by atoms with E-state index in [0.717, 1.165) is 25.1 Å². The van der Waals surface area contributed by atoms with Crippen molar-refractivity contribution in [3.63, 3.8) is 0 Å². The number of methoxy groups -OCH3 is 1. The highest BCUT2D eigenvalue weighted by atomic mass is 35.5. The van der Waals surface area contributed by atoms with Crippen LogP contribution in [0.5, 0.6) is 0 Å². The highest BCUT2D eigenvalue weighted by Gasteiger charge is 2.24. The van der Waals surface area contributed by atoms with Crippen LogP contribution in [0.3, 0.4) is 0 Å². The van der Waals surface area contributed by atoms with E-state index in [1.165, 1.54) is 18.2 Å². The number of ether oxygens (including phenoxy) is 1. The summed E-state index contributed by atoms with van der Waals surface area (Å²) in [5.74, 6) is -0.734. The fourth-order valence-corrected chi connectivity index (χ4v) is 3.34. The van der Waals surface area contributed by atoms with Crippen LogP contribution in [0.1, 0.15) is 28.3 Å². The summed E-state index contributed by atoms with van der Waals surface area (Å²) in [6.45, 7) is 1.72. The maximum Gasteiger partial charge on any atom is 0.333 e. The summed E-state index contributed by atoms with van der Waals surface area (Å²) in [5, 5.41) is 6.68. The maximum absolute atomic E-state index is 12.6. The maximum atomic E-state index is 12.6. The number of hydrogen-bond acceptors (Lipinski definition) is 4. The van der Waals surface area contributed by atoms with E-state index in [-0.39, 0.29) is 12.3 Å². The molecule has 1 atom stereocenters. The lowest BCUT2D eigenvalue weighted by atomic mass is 9.93. The number of fused-ring (bicyclic) bond motifs is 1. The average Bonchev–Trinajstić information content (AvgIpc) is 2.66. The van der Waals surface area contributed by atoms with Gasteiger partial charge in [0.1, 0.15) is 0 Å². The van der Waals surface area contributed by atoms with Crippen molar-refractivity contribution < 1.29 is 14.3 Å². The first-order valence-corrected chi connectivity index (χ1v) is 8.89. The zero-order valence-electron chi connectivity index (χ0n) is 14.5. The standard InChI is InChI=1S/C20H21ClN2O3/c1-26-20(25)19(13-5-7-16(21)8-6-13)23-18(24)11-14-3-2-4-15-12-22-10-9-17(14)15/h2-8,19,22H,9-12H2,1H3,(H,23,24). The molecule has 136 valence electrons. The second-order valence-corrected chi connectivity index (χ2v) is 6.67. The molecule has 1 amide bonds. The van der Waals surface area contributed by atoms with Crippen LogP contribution in [0, 0.1) is 0 Å². The monoisotopic (exact) mass is 372 g/mol. The van der Waals surface area contributed by atoms with Gasteiger partial charge in [0.15, 0.2) is 6.04 Å². The van der Waals surface area contributed by atoms with Gasteiger partial charge in [-0.25, -0.2) is 4.79 Å². The molecule has 2 aromatic rings. The molecule has 1 aliphatic rings. The van der Waals surface area contributed by atoms with Crippen molar-refractivity contribution in [2.75, 3.05) is 13.7 Å². The lowest BCUT2D eigenvalue weighted by molar-refractivity contribution is -0.145. The number of nitrogens with one attached hydrogen (secondary N) is 2. The Morgan fingerprint density at radius 1 is 1.23 bits per heavy atom. The first-order valence-electron chi connectivity index (χ1n) is 8.51. The summed E-state index contributed by atoms with van der Waals surface area (Å²) in [6.07, 6.45) is 1.13. The molecule has 1 unspecified atom stereocenters. The Morgan fingerprint density at radius 2 is 2.00 bits per heavy atom. The molecule has 3 rings (SSSR count). The van der Waals surface area contributed by atoms with Gasteiger partial charge < -0.3 is 15.4 Å². The number of rotatable bonds is 5. The summed E-state index contributed by atoms with van der Waals surface area (Å²) in [7, 11) is 1.30. The van der Waals surface area contributed by atoms with E-state index in [9.17, 15) is 9.59 Å². The number of carbonyl (C=O) groups excluding carboxylic acids is 2. The van der Waals surface area contributed by atoms with Gasteiger partial charge in [-0.1, -0.05) is 41.9 Å². The van der Waals surface area contributed by atoms with E-state index in [0.29, 0.717) is 10.6 Å². The smallest absolute Gasteiger partial charge is 0.333 e. The quantitative estimate of drug-likeness (QED) is 0.791. The van der Waals surface area contributed by atoms with E-state index < -0.39 is 12.0 Å². The van der Waals surface area contributed by atoms with Gasteiger partial charge in [-0.3, -0.25) is 4.79 Å². The van der Waals surface area contributed by atoms with Gasteiger partial charge in [-0.2, -0.15) is 0 Å². The van der Waals surface area contributed by atoms with Crippen LogP contribution in [0.2, 0.25) is 5.02 Å². The number of benzene rings is 2. The minimum absolute atomic E-state index is 0.220. The molecule has 0 aliphatic carbocycles. The van der Waals surface area contributed by atoms with Crippen LogP contribution in [0.4, 0.5) is 0 Å². The Kier molecular flexibility index (Phi) is 5.91. The van der Waals surface area contributed by atoms with Gasteiger partial charge in [0.2, 0.25) is 5.91 Å². The Balaban J connectivity index is 1.76. The van der Waals surface area contributed by atoms with Gasteiger partial charge in [0.25, 0.3) is 0 Å². The van der Waals surface area contributed by atoms with Crippen LogP contribution >= 0.6 is 11.6 Å². The lowest BCUT2D eigenvalue weighted by Crippen LogP contribution is -2.36. The topological polar surface area (TPSA) is 67.4 Å². The van der Waals surface area contributed by atoms with Crippen molar-refractivity contribution in [1.29, 1.82) is 0 Å². The molecule has 0 fully saturated rings. The molecule has 2 N–H and O–H groups in total. The fraction of sp³-hybridized carbons (Fsp3) is 0.300. The van der Waals surface area contributed by atoms with Gasteiger partial charge in [-0.05, 0) is 47.4 Å². The number of halogens is 1. The third-order valence-electron chi connectivity index (χ3n) is 4.53. The number of carbonyl (C=O) groups is 2. The second kappa shape index (κ2) is 8.34. The SMILES string of the molecule is COC(=O)C(NC(=O)Cc1cccc2c1CCNC2)c1ccc(Cl)cc1. The number of hydrogen-bond donors (Lipinski definition) is 2. The predicted molar refractivity (Wildman–Crippen MR) is 99.9 cm³/mol. The van der Waals surface area contributed by atoms with Crippen LogP contribution in [0.25, 0.3) is 0 Å². The molecule has 0 saturated heterocycles. The van der Waals surface area contributed by atoms with Crippen molar-refractivity contribution in [1.82, 2.24) is 10.6 Å². The molecule has 26 heavy (non-hydrogen) atoms. The molecular formula is C20H21ClN2O3. The van der Waals surface area contributed by atoms with Gasteiger partial charge in [-0.15, -0.1) is 0 Å². The first-order chi connectivity index (χ1) is 12.6. The van der Waals surface area contributed by atoms with Crippen LogP contribution in [0.15, 0.2) is 42.5 Å². The number of amides is 1. The van der Waals surface area contributed by atoms with E-state index in [1.807, 2.05) is 12.1 Å². The first kappa shape index (κ1) is 18.4. The van der Waals surface area contributed by atoms with Crippen molar-refractivity contribution in [3.05, 3.63) is 69.7 Å². The van der Waals surface area contributed by atoms with Gasteiger partial charge in [0.05, 0.1) is 13.5 Å². The zero-order chi connectivity index (χ0) is 18.5. The van der Waals surface area contributed by atoms with Crippen LogP contribution in [-0.4, -0.2) is 25.5 Å². The minimum atomic E-state index is -0.856. The predicted octanol–water partition coefficient (Wildman–Crippen LogP) is 2.56. The third-order valence-corrected chi connectivity index (χ3v) is 4.79. The summed E-state index contributed by atoms with van der Waals surface area (Å²) in [4.78, 5) is 24.7. The lowest BCUT2D eigenvalue weighted by Gasteiger charge is -2.21. The molecule has 1 heterocycles. The Labute approximate surface area is 157 Å². The van der Waals surface area contributed by atoms with Crippen molar-refractivity contribution in [3.8, 4) is 0 Å². The minimum Gasteiger partial charge on any atom is -0.467 e. The van der Waals surface area contributed by atoms with E-state index >= 15 is 0 Å². The fourth-order valence-electron chi connectivity index (χ4n) is 3.21. The van der Waals surface area contributed by atoms with E-state index in [2.05, 4.69) is 16.7 Å². The average molecular weight is 373 g/mol. The third kappa shape index (κ3) is 4.23. The van der Waals surface area contributed by atoms with Crippen molar-refractivity contribution in [2.45, 2.75) is 25.4 Å². The molecule has 0 saturated carbocycles. The van der Waals surface area contributed by atoms with Gasteiger partial charge >= 0.3 is 5.97 Å². The Morgan fingerprint density at radius 3 is 2.73 bits per heavy atom. The highest BCUT2D eigenvalue weighted by Crippen LogP contribution is 2.21. The molecule has 6 heteroatoms. The van der Waals surface area contributed by atoms with E-state index in [1.54, 1.807) is 24.3 Å². The molecular weight excluding hydrogens is 352 g/mol. The van der Waals surface area contributed by atoms with Crippen molar-refractivity contribution in [2.24, 2.45) is 0 Å².